The van der Waals surface area contributed by atoms with Crippen molar-refractivity contribution in [1.29, 1.82) is 0 Å². The number of ether oxygens (including phenoxy) is 2. The molecule has 138 valence electrons. The number of rotatable bonds is 4. The summed E-state index contributed by atoms with van der Waals surface area (Å²) in [6, 6.07) is 3.95. The van der Waals surface area contributed by atoms with Crippen molar-refractivity contribution >= 4 is 23.1 Å². The number of esters is 1. The number of carbonyl (C=O) groups excluding carboxylic acids is 2. The first-order chi connectivity index (χ1) is 12.6. The third kappa shape index (κ3) is 3.23. The topological polar surface area (TPSA) is 64.6 Å². The Labute approximate surface area is 157 Å². The molecule has 2 unspecified atom stereocenters. The molecule has 0 amide bonds. The Morgan fingerprint density at radius 1 is 1.38 bits per heavy atom. The lowest BCUT2D eigenvalue weighted by Crippen LogP contribution is -2.34. The van der Waals surface area contributed by atoms with Crippen molar-refractivity contribution in [1.82, 2.24) is 5.32 Å². The Hall–Kier alpha value is -1.92. The fourth-order valence-corrected chi connectivity index (χ4v) is 4.86. The molecule has 4 rings (SSSR count). The van der Waals surface area contributed by atoms with Crippen LogP contribution in [0.25, 0.3) is 0 Å². The highest BCUT2D eigenvalue weighted by Gasteiger charge is 2.39. The van der Waals surface area contributed by atoms with Crippen LogP contribution in [-0.2, 0) is 19.1 Å². The Balaban J connectivity index is 1.64. The van der Waals surface area contributed by atoms with Crippen molar-refractivity contribution < 1.29 is 19.1 Å². The zero-order valence-electron chi connectivity index (χ0n) is 14.9. The molecule has 2 atom stereocenters. The Morgan fingerprint density at radius 3 is 3.00 bits per heavy atom. The normalized spacial score (nSPS) is 26.0. The first-order valence-corrected chi connectivity index (χ1v) is 10.1. The van der Waals surface area contributed by atoms with Crippen molar-refractivity contribution in [3.05, 3.63) is 44.9 Å². The molecule has 1 aromatic rings. The summed E-state index contributed by atoms with van der Waals surface area (Å²) in [7, 11) is 0. The van der Waals surface area contributed by atoms with E-state index in [9.17, 15) is 9.59 Å². The first kappa shape index (κ1) is 17.5. The van der Waals surface area contributed by atoms with E-state index in [0.717, 1.165) is 54.1 Å². The van der Waals surface area contributed by atoms with Gasteiger partial charge in [-0.1, -0.05) is 6.07 Å². The van der Waals surface area contributed by atoms with Crippen LogP contribution in [0.15, 0.2) is 40.1 Å². The van der Waals surface area contributed by atoms with Crippen LogP contribution in [0.3, 0.4) is 0 Å². The van der Waals surface area contributed by atoms with E-state index >= 15 is 0 Å². The van der Waals surface area contributed by atoms with Gasteiger partial charge in [-0.15, -0.1) is 11.3 Å². The second-order valence-electron chi connectivity index (χ2n) is 7.01. The van der Waals surface area contributed by atoms with Gasteiger partial charge in [-0.25, -0.2) is 4.79 Å². The van der Waals surface area contributed by atoms with Crippen LogP contribution in [0.4, 0.5) is 0 Å². The van der Waals surface area contributed by atoms with Gasteiger partial charge in [0, 0.05) is 34.9 Å². The number of thiophene rings is 1. The molecule has 1 N–H and O–H groups in total. The largest absolute Gasteiger partial charge is 0.459 e. The van der Waals surface area contributed by atoms with Gasteiger partial charge < -0.3 is 14.8 Å². The molecular formula is C20H23NO4S. The van der Waals surface area contributed by atoms with E-state index < -0.39 is 0 Å². The summed E-state index contributed by atoms with van der Waals surface area (Å²) in [6.45, 7) is 2.90. The van der Waals surface area contributed by atoms with Crippen molar-refractivity contribution in [3.63, 3.8) is 0 Å². The van der Waals surface area contributed by atoms with E-state index in [1.165, 1.54) is 0 Å². The molecular weight excluding hydrogens is 350 g/mol. The van der Waals surface area contributed by atoms with Gasteiger partial charge in [0.1, 0.15) is 6.61 Å². The Morgan fingerprint density at radius 2 is 2.27 bits per heavy atom. The predicted molar refractivity (Wildman–Crippen MR) is 98.7 cm³/mol. The zero-order valence-corrected chi connectivity index (χ0v) is 15.7. The molecule has 0 aromatic carbocycles. The maximum absolute atomic E-state index is 12.9. The second kappa shape index (κ2) is 7.37. The lowest BCUT2D eigenvalue weighted by Gasteiger charge is -2.33. The van der Waals surface area contributed by atoms with Crippen molar-refractivity contribution in [2.24, 2.45) is 0 Å². The molecule has 5 nitrogen and oxygen atoms in total. The number of ketones is 1. The zero-order chi connectivity index (χ0) is 18.1. The molecule has 0 radical (unpaired) electrons. The minimum Gasteiger partial charge on any atom is -0.459 e. The standard InChI is InChI=1S/C20H23NO4S/c1-12-17(20(23)25-11-13-5-3-9-24-13)19(16-8-4-10-26-16)18-14(21-12)6-2-7-15(18)22/h4,8,10,13,19,21H,2-3,5-7,9,11H2,1H3. The second-order valence-corrected chi connectivity index (χ2v) is 7.99. The molecule has 3 heterocycles. The Bertz CT molecular complexity index is 772. The summed E-state index contributed by atoms with van der Waals surface area (Å²) in [5, 5.41) is 5.29. The monoisotopic (exact) mass is 373 g/mol. The molecule has 26 heavy (non-hydrogen) atoms. The quantitative estimate of drug-likeness (QED) is 0.819. The average molecular weight is 373 g/mol. The SMILES string of the molecule is CC1=C(C(=O)OCC2CCCO2)C(c2cccs2)C2=C(CCCC2=O)N1. The van der Waals surface area contributed by atoms with Crippen molar-refractivity contribution in [2.75, 3.05) is 13.2 Å². The van der Waals surface area contributed by atoms with Gasteiger partial charge in [-0.3, -0.25) is 4.79 Å². The van der Waals surface area contributed by atoms with Gasteiger partial charge in [-0.2, -0.15) is 0 Å². The number of allylic oxidation sites excluding steroid dienone is 3. The number of nitrogens with one attached hydrogen (secondary N) is 1. The third-order valence-corrected chi connectivity index (χ3v) is 6.18. The summed E-state index contributed by atoms with van der Waals surface area (Å²) in [6.07, 6.45) is 4.16. The lowest BCUT2D eigenvalue weighted by atomic mass is 9.78. The van der Waals surface area contributed by atoms with Crippen LogP contribution in [-0.4, -0.2) is 31.1 Å². The van der Waals surface area contributed by atoms with Crippen LogP contribution in [0.1, 0.15) is 49.8 Å². The van der Waals surface area contributed by atoms with E-state index in [1.54, 1.807) is 11.3 Å². The lowest BCUT2D eigenvalue weighted by molar-refractivity contribution is -0.142. The van der Waals surface area contributed by atoms with E-state index in [-0.39, 0.29) is 30.4 Å². The van der Waals surface area contributed by atoms with Crippen molar-refractivity contribution in [3.8, 4) is 0 Å². The van der Waals surface area contributed by atoms with Crippen LogP contribution < -0.4 is 5.32 Å². The van der Waals surface area contributed by atoms with E-state index in [4.69, 9.17) is 9.47 Å². The maximum Gasteiger partial charge on any atom is 0.336 e. The van der Waals surface area contributed by atoms with Gasteiger partial charge in [0.2, 0.25) is 0 Å². The molecule has 3 aliphatic rings. The summed E-state index contributed by atoms with van der Waals surface area (Å²) in [5.41, 5.74) is 3.05. The maximum atomic E-state index is 12.9. The highest BCUT2D eigenvalue weighted by molar-refractivity contribution is 7.10. The number of Topliss-reactive ketones (excluding diaryl/α,β-unsaturated/α-hetero) is 1. The fourth-order valence-electron chi connectivity index (χ4n) is 4.02. The number of hydrogen-bond acceptors (Lipinski definition) is 6. The summed E-state index contributed by atoms with van der Waals surface area (Å²) >= 11 is 1.57. The van der Waals surface area contributed by atoms with Gasteiger partial charge in [-0.05, 0) is 44.1 Å². The third-order valence-electron chi connectivity index (χ3n) is 5.25. The van der Waals surface area contributed by atoms with E-state index in [0.29, 0.717) is 12.0 Å². The molecule has 2 aliphatic heterocycles. The first-order valence-electron chi connectivity index (χ1n) is 9.21. The number of hydrogen-bond donors (Lipinski definition) is 1. The minimum atomic E-state index is -0.353. The smallest absolute Gasteiger partial charge is 0.336 e. The van der Waals surface area contributed by atoms with Crippen LogP contribution >= 0.6 is 11.3 Å². The van der Waals surface area contributed by atoms with Gasteiger partial charge in [0.15, 0.2) is 5.78 Å². The molecule has 6 heteroatoms. The predicted octanol–water partition coefficient (Wildman–Crippen LogP) is 3.44. The summed E-state index contributed by atoms with van der Waals surface area (Å²) in [4.78, 5) is 26.6. The van der Waals surface area contributed by atoms with Gasteiger partial charge in [0.25, 0.3) is 0 Å². The molecule has 1 aliphatic carbocycles. The van der Waals surface area contributed by atoms with E-state index in [1.807, 2.05) is 24.4 Å². The van der Waals surface area contributed by atoms with Gasteiger partial charge >= 0.3 is 5.97 Å². The minimum absolute atomic E-state index is 0.0114. The van der Waals surface area contributed by atoms with Crippen LogP contribution in [0.5, 0.6) is 0 Å². The molecule has 1 aromatic heterocycles. The average Bonchev–Trinajstić information content (AvgIpc) is 3.32. The number of dihydropyridines is 1. The van der Waals surface area contributed by atoms with Gasteiger partial charge in [0.05, 0.1) is 17.6 Å². The molecule has 0 saturated carbocycles. The Kier molecular flexibility index (Phi) is 4.96. The van der Waals surface area contributed by atoms with E-state index in [2.05, 4.69) is 5.32 Å². The summed E-state index contributed by atoms with van der Waals surface area (Å²) in [5.74, 6) is -0.543. The fraction of sp³-hybridized carbons (Fsp3) is 0.500. The molecule has 1 saturated heterocycles. The highest BCUT2D eigenvalue weighted by atomic mass is 32.1. The molecule has 0 bridgehead atoms. The highest BCUT2D eigenvalue weighted by Crippen LogP contribution is 2.43. The van der Waals surface area contributed by atoms with Crippen molar-refractivity contribution in [2.45, 2.75) is 51.0 Å². The van der Waals surface area contributed by atoms with Crippen LogP contribution in [0.2, 0.25) is 0 Å². The van der Waals surface area contributed by atoms with Crippen LogP contribution in [0, 0.1) is 0 Å². The number of carbonyl (C=O) groups is 2. The summed E-state index contributed by atoms with van der Waals surface area (Å²) < 4.78 is 11.1. The molecule has 1 fully saturated rings. The molecule has 0 spiro atoms.